The number of nitrogens with zero attached hydrogens (tertiary/aromatic N) is 1. The van der Waals surface area contributed by atoms with Crippen molar-refractivity contribution in [3.05, 3.63) is 35.4 Å². The van der Waals surface area contributed by atoms with Gasteiger partial charge in [0.2, 0.25) is 11.8 Å². The molecule has 1 aliphatic carbocycles. The number of imide groups is 1. The second-order valence-corrected chi connectivity index (χ2v) is 8.13. The van der Waals surface area contributed by atoms with Gasteiger partial charge in [0.25, 0.3) is 11.8 Å². The van der Waals surface area contributed by atoms with Gasteiger partial charge in [0.15, 0.2) is 0 Å². The first-order valence-electron chi connectivity index (χ1n) is 10.7. The molecule has 1 aromatic rings. The Bertz CT molecular complexity index is 801. The van der Waals surface area contributed by atoms with Crippen molar-refractivity contribution in [3.8, 4) is 0 Å². The maximum atomic E-state index is 12.3. The van der Waals surface area contributed by atoms with E-state index in [9.17, 15) is 19.2 Å². The lowest BCUT2D eigenvalue weighted by Gasteiger charge is -2.23. The lowest BCUT2D eigenvalue weighted by Crippen LogP contribution is -2.39. The number of carbonyl (C=O) groups is 4. The van der Waals surface area contributed by atoms with Gasteiger partial charge in [0.1, 0.15) is 0 Å². The van der Waals surface area contributed by atoms with Gasteiger partial charge < -0.3 is 5.32 Å². The minimum absolute atomic E-state index is 0.101. The summed E-state index contributed by atoms with van der Waals surface area (Å²) >= 11 is 0. The quantitative estimate of drug-likeness (QED) is 0.458. The first kappa shape index (κ1) is 22.9. The largest absolute Gasteiger partial charge is 0.353 e. The number of amides is 4. The van der Waals surface area contributed by atoms with E-state index in [-0.39, 0.29) is 35.9 Å². The molecular formula is C22H29N3O6. The molecule has 2 N–H and O–H groups in total. The zero-order valence-corrected chi connectivity index (χ0v) is 17.9. The Hall–Kier alpha value is -2.78. The smallest absolute Gasteiger partial charge is 0.285 e. The molecule has 168 valence electrons. The highest BCUT2D eigenvalue weighted by atomic mass is 16.7. The summed E-state index contributed by atoms with van der Waals surface area (Å²) in [4.78, 5) is 59.5. The highest BCUT2D eigenvalue weighted by Gasteiger charge is 2.37. The average molecular weight is 431 g/mol. The normalized spacial score (nSPS) is 18.5. The van der Waals surface area contributed by atoms with Gasteiger partial charge in [-0.15, -0.1) is 5.06 Å². The summed E-state index contributed by atoms with van der Waals surface area (Å²) in [5.74, 6) is -1.69. The maximum Gasteiger partial charge on any atom is 0.285 e. The molecule has 0 spiro atoms. The third kappa shape index (κ3) is 6.11. The van der Waals surface area contributed by atoms with Crippen LogP contribution in [0.15, 0.2) is 24.3 Å². The molecule has 2 atom stereocenters. The Labute approximate surface area is 181 Å². The predicted octanol–water partition coefficient (Wildman–Crippen LogP) is 2.27. The van der Waals surface area contributed by atoms with Crippen LogP contribution in [0.25, 0.3) is 0 Å². The fraction of sp³-hybridized carbons (Fsp3) is 0.545. The predicted molar refractivity (Wildman–Crippen MR) is 110 cm³/mol. The summed E-state index contributed by atoms with van der Waals surface area (Å²) in [7, 11) is 0. The van der Waals surface area contributed by atoms with Gasteiger partial charge in [-0.1, -0.05) is 31.4 Å². The van der Waals surface area contributed by atoms with Gasteiger partial charge in [-0.3, -0.25) is 28.9 Å². The van der Waals surface area contributed by atoms with Gasteiger partial charge >= 0.3 is 0 Å². The second-order valence-electron chi connectivity index (χ2n) is 8.13. The molecule has 0 radical (unpaired) electrons. The van der Waals surface area contributed by atoms with Crippen LogP contribution in [0, 0.1) is 0 Å². The zero-order chi connectivity index (χ0) is 22.4. The van der Waals surface area contributed by atoms with Crippen LogP contribution in [0.5, 0.6) is 0 Å². The summed E-state index contributed by atoms with van der Waals surface area (Å²) in [6.07, 6.45) is 4.25. The lowest BCUT2D eigenvalue weighted by atomic mass is 9.95. The van der Waals surface area contributed by atoms with E-state index in [2.05, 4.69) is 10.8 Å². The molecule has 0 unspecified atom stereocenters. The van der Waals surface area contributed by atoms with E-state index in [1.165, 1.54) is 6.42 Å². The number of nitrogens with one attached hydrogen (secondary N) is 2. The first-order chi connectivity index (χ1) is 14.8. The number of hydrogen-bond acceptors (Lipinski definition) is 6. The molecule has 1 fully saturated rings. The van der Waals surface area contributed by atoms with E-state index >= 15 is 0 Å². The Morgan fingerprint density at radius 1 is 0.968 bits per heavy atom. The highest BCUT2D eigenvalue weighted by molar-refractivity contribution is 6.20. The number of hydroxylamine groups is 3. The molecule has 9 heteroatoms. The van der Waals surface area contributed by atoms with E-state index in [0.29, 0.717) is 5.06 Å². The molecule has 1 aliphatic heterocycles. The van der Waals surface area contributed by atoms with Crippen LogP contribution in [-0.4, -0.2) is 46.9 Å². The average Bonchev–Trinajstić information content (AvgIpc) is 2.98. The van der Waals surface area contributed by atoms with Crippen molar-refractivity contribution in [1.82, 2.24) is 15.9 Å². The molecule has 0 aromatic heterocycles. The Balaban J connectivity index is 1.37. The number of hydrogen-bond donors (Lipinski definition) is 2. The summed E-state index contributed by atoms with van der Waals surface area (Å²) in [5, 5.41) is 3.69. The zero-order valence-electron chi connectivity index (χ0n) is 17.9. The number of carbonyl (C=O) groups excluding carboxylic acids is 4. The summed E-state index contributed by atoms with van der Waals surface area (Å²) < 4.78 is 0. The Morgan fingerprint density at radius 3 is 2.16 bits per heavy atom. The van der Waals surface area contributed by atoms with Crippen molar-refractivity contribution >= 4 is 23.6 Å². The SMILES string of the molecule is C[C@H](CC(=O)NC1CCCCC1)ONC(=O)C[C@@H](C)ON1C(=O)c2ccccc2C1=O. The molecule has 31 heavy (non-hydrogen) atoms. The summed E-state index contributed by atoms with van der Waals surface area (Å²) in [5.41, 5.74) is 2.84. The second kappa shape index (κ2) is 10.5. The van der Waals surface area contributed by atoms with Gasteiger partial charge in [-0.2, -0.15) is 0 Å². The van der Waals surface area contributed by atoms with Crippen molar-refractivity contribution in [2.75, 3.05) is 0 Å². The molecule has 0 saturated heterocycles. The third-order valence-corrected chi connectivity index (χ3v) is 5.33. The van der Waals surface area contributed by atoms with Crippen molar-refractivity contribution in [2.45, 2.75) is 77.0 Å². The molecule has 0 bridgehead atoms. The minimum atomic E-state index is -0.740. The van der Waals surface area contributed by atoms with Crippen LogP contribution < -0.4 is 10.8 Å². The van der Waals surface area contributed by atoms with Crippen molar-refractivity contribution in [3.63, 3.8) is 0 Å². The number of benzene rings is 1. The van der Waals surface area contributed by atoms with Crippen LogP contribution >= 0.6 is 0 Å². The fourth-order valence-corrected chi connectivity index (χ4v) is 3.79. The standard InChI is InChI=1S/C22H29N3O6/c1-14(12-19(26)23-16-8-4-3-5-9-16)30-24-20(27)13-15(2)31-25-21(28)17-10-6-7-11-18(17)22(25)29/h6-7,10-11,14-16H,3-5,8-9,12-13H2,1-2H3,(H,23,26)(H,24,27)/t14-,15-/m1/s1. The molecule has 1 aromatic carbocycles. The molecule has 3 rings (SSSR count). The summed E-state index contributed by atoms with van der Waals surface area (Å²) in [6, 6.07) is 6.66. The molecular weight excluding hydrogens is 402 g/mol. The fourth-order valence-electron chi connectivity index (χ4n) is 3.79. The third-order valence-electron chi connectivity index (χ3n) is 5.33. The van der Waals surface area contributed by atoms with E-state index in [1.807, 2.05) is 0 Å². The van der Waals surface area contributed by atoms with Gasteiger partial charge in [-0.05, 0) is 38.8 Å². The first-order valence-corrected chi connectivity index (χ1v) is 10.7. The van der Waals surface area contributed by atoms with E-state index < -0.39 is 29.9 Å². The van der Waals surface area contributed by atoms with Gasteiger partial charge in [0.05, 0.1) is 36.2 Å². The van der Waals surface area contributed by atoms with Crippen LogP contribution in [0.3, 0.4) is 0 Å². The summed E-state index contributed by atoms with van der Waals surface area (Å²) in [6.45, 7) is 3.27. The highest BCUT2D eigenvalue weighted by Crippen LogP contribution is 2.23. The van der Waals surface area contributed by atoms with Crippen molar-refractivity contribution < 1.29 is 28.9 Å². The molecule has 9 nitrogen and oxygen atoms in total. The van der Waals surface area contributed by atoms with E-state index in [0.717, 1.165) is 25.7 Å². The van der Waals surface area contributed by atoms with Crippen LogP contribution in [0.4, 0.5) is 0 Å². The molecule has 2 aliphatic rings. The number of rotatable bonds is 9. The van der Waals surface area contributed by atoms with E-state index in [1.54, 1.807) is 38.1 Å². The van der Waals surface area contributed by atoms with Crippen molar-refractivity contribution in [1.29, 1.82) is 0 Å². The minimum Gasteiger partial charge on any atom is -0.353 e. The molecule has 4 amide bonds. The molecule has 1 saturated carbocycles. The van der Waals surface area contributed by atoms with Crippen molar-refractivity contribution in [2.24, 2.45) is 0 Å². The van der Waals surface area contributed by atoms with Crippen LogP contribution in [0.2, 0.25) is 0 Å². The maximum absolute atomic E-state index is 12.3. The van der Waals surface area contributed by atoms with Gasteiger partial charge in [-0.25, -0.2) is 5.48 Å². The van der Waals surface area contributed by atoms with Crippen LogP contribution in [0.1, 0.15) is 79.5 Å². The topological polar surface area (TPSA) is 114 Å². The Kier molecular flexibility index (Phi) is 7.75. The van der Waals surface area contributed by atoms with Crippen LogP contribution in [-0.2, 0) is 19.3 Å². The lowest BCUT2D eigenvalue weighted by molar-refractivity contribution is -0.153. The molecule has 1 heterocycles. The van der Waals surface area contributed by atoms with E-state index in [4.69, 9.17) is 9.68 Å². The number of fused-ring (bicyclic) bond motifs is 1. The monoisotopic (exact) mass is 431 g/mol. The Morgan fingerprint density at radius 2 is 1.55 bits per heavy atom. The van der Waals surface area contributed by atoms with Gasteiger partial charge in [0, 0.05) is 6.04 Å².